The van der Waals surface area contributed by atoms with Gasteiger partial charge in [0.05, 0.1) is 28.4 Å². The first-order valence-electron chi connectivity index (χ1n) is 12.6. The Morgan fingerprint density at radius 1 is 1.18 bits per heavy atom. The number of carbonyl (C=O) groups excluding carboxylic acids is 3. The lowest BCUT2D eigenvalue weighted by Crippen LogP contribution is -2.51. The standard InChI is InChI=1S/C28H32ClFN2O6S/c1-27(2,3)38-26(35)31-21-15-39(36,37)24-12-20(30)19(23(33)10-17-13-28(17,4)5)11-22(24)32(25(21)34)14-16-6-8-18(29)9-7-16/h6-9,11-12,17,21H,10,13-15H2,1-5H3,(H,31,35)/t17?,21-/m0/s1. The fraction of sp³-hybridized carbons (Fsp3) is 0.464. The maximum Gasteiger partial charge on any atom is 0.408 e. The van der Waals surface area contributed by atoms with Crippen LogP contribution in [0.15, 0.2) is 41.3 Å². The predicted octanol–water partition coefficient (Wildman–Crippen LogP) is 5.31. The Hall–Kier alpha value is -2.98. The third-order valence-electron chi connectivity index (χ3n) is 7.02. The summed E-state index contributed by atoms with van der Waals surface area (Å²) in [5, 5.41) is 2.83. The second-order valence-electron chi connectivity index (χ2n) is 11.8. The van der Waals surface area contributed by atoms with Crippen LogP contribution in [0.5, 0.6) is 0 Å². The second-order valence-corrected chi connectivity index (χ2v) is 14.3. The van der Waals surface area contributed by atoms with E-state index in [1.165, 1.54) is 0 Å². The van der Waals surface area contributed by atoms with E-state index in [1.54, 1.807) is 45.0 Å². The van der Waals surface area contributed by atoms with Crippen molar-refractivity contribution >= 4 is 44.9 Å². The quantitative estimate of drug-likeness (QED) is 0.465. The highest BCUT2D eigenvalue weighted by Gasteiger charge is 2.47. The third-order valence-corrected chi connectivity index (χ3v) is 9.04. The van der Waals surface area contributed by atoms with Gasteiger partial charge in [-0.05, 0) is 68.4 Å². The number of alkyl carbamates (subject to hydrolysis) is 1. The number of nitrogens with zero attached hydrogens (tertiary/aromatic N) is 1. The molecule has 0 spiro atoms. The third kappa shape index (κ3) is 6.61. The first kappa shape index (κ1) is 29.0. The molecule has 4 rings (SSSR count). The number of sulfone groups is 1. The van der Waals surface area contributed by atoms with E-state index in [-0.39, 0.29) is 35.5 Å². The van der Waals surface area contributed by atoms with E-state index in [0.717, 1.165) is 23.5 Å². The van der Waals surface area contributed by atoms with Crippen molar-refractivity contribution in [2.24, 2.45) is 11.3 Å². The SMILES string of the molecule is CC(C)(C)OC(=O)N[C@H]1CS(=O)(=O)c2cc(F)c(C(=O)CC3CC3(C)C)cc2N(Cc2ccc(Cl)cc2)C1=O. The lowest BCUT2D eigenvalue weighted by molar-refractivity contribution is -0.120. The van der Waals surface area contributed by atoms with Crippen molar-refractivity contribution < 1.29 is 31.9 Å². The molecular weight excluding hydrogens is 547 g/mol. The zero-order valence-corrected chi connectivity index (χ0v) is 24.1. The van der Waals surface area contributed by atoms with Gasteiger partial charge in [0, 0.05) is 11.4 Å². The smallest absolute Gasteiger partial charge is 0.408 e. The largest absolute Gasteiger partial charge is 0.444 e. The summed E-state index contributed by atoms with van der Waals surface area (Å²) < 4.78 is 47.3. The van der Waals surface area contributed by atoms with Crippen LogP contribution >= 0.6 is 11.6 Å². The number of halogens is 2. The molecule has 1 aliphatic carbocycles. The normalized spacial score (nSPS) is 21.5. The topological polar surface area (TPSA) is 110 Å². The summed E-state index contributed by atoms with van der Waals surface area (Å²) in [7, 11) is -4.28. The molecule has 0 aromatic heterocycles. The van der Waals surface area contributed by atoms with Crippen molar-refractivity contribution in [2.45, 2.75) is 70.5 Å². The Kier molecular flexibility index (Phi) is 7.59. The van der Waals surface area contributed by atoms with E-state index in [0.29, 0.717) is 10.6 Å². The molecule has 2 aliphatic rings. The summed E-state index contributed by atoms with van der Waals surface area (Å²) in [6.45, 7) is 8.82. The highest BCUT2D eigenvalue weighted by Crippen LogP contribution is 2.54. The van der Waals surface area contributed by atoms with Gasteiger partial charge in [0.25, 0.3) is 5.91 Å². The van der Waals surface area contributed by atoms with Gasteiger partial charge in [0.2, 0.25) is 0 Å². The Labute approximate surface area is 232 Å². The summed E-state index contributed by atoms with van der Waals surface area (Å²) in [6, 6.07) is 6.98. The number of amides is 2. The zero-order valence-electron chi connectivity index (χ0n) is 22.5. The number of carbonyl (C=O) groups is 3. The average Bonchev–Trinajstić information content (AvgIpc) is 3.42. The molecule has 0 saturated heterocycles. The molecule has 1 fully saturated rings. The van der Waals surface area contributed by atoms with Crippen molar-refractivity contribution in [2.75, 3.05) is 10.7 Å². The fourth-order valence-corrected chi connectivity index (χ4v) is 6.39. The Bertz CT molecular complexity index is 1430. The van der Waals surface area contributed by atoms with E-state index in [1.807, 2.05) is 13.8 Å². The van der Waals surface area contributed by atoms with Crippen LogP contribution in [0.2, 0.25) is 5.02 Å². The number of nitrogens with one attached hydrogen (secondary N) is 1. The zero-order chi connectivity index (χ0) is 28.9. The van der Waals surface area contributed by atoms with Crippen molar-refractivity contribution in [3.63, 3.8) is 0 Å². The maximum atomic E-state index is 15.3. The molecule has 1 aliphatic heterocycles. The van der Waals surface area contributed by atoms with Crippen molar-refractivity contribution in [1.29, 1.82) is 0 Å². The minimum absolute atomic E-state index is 0.0156. The summed E-state index contributed by atoms with van der Waals surface area (Å²) in [4.78, 5) is 40.1. The number of ketones is 1. The molecule has 2 aromatic rings. The van der Waals surface area contributed by atoms with Crippen LogP contribution in [0.1, 0.15) is 63.4 Å². The number of Topliss-reactive ketones (excluding diaryl/α,β-unsaturated/α-hetero) is 1. The van der Waals surface area contributed by atoms with Gasteiger partial charge >= 0.3 is 6.09 Å². The van der Waals surface area contributed by atoms with Crippen LogP contribution in [-0.4, -0.2) is 43.6 Å². The molecule has 39 heavy (non-hydrogen) atoms. The van der Waals surface area contributed by atoms with E-state index in [4.69, 9.17) is 16.3 Å². The number of hydrogen-bond acceptors (Lipinski definition) is 6. The number of fused-ring (bicyclic) bond motifs is 1. The average molecular weight is 579 g/mol. The van der Waals surface area contributed by atoms with Gasteiger partial charge in [-0.2, -0.15) is 0 Å². The molecule has 0 bridgehead atoms. The molecule has 1 heterocycles. The van der Waals surface area contributed by atoms with E-state index in [2.05, 4.69) is 5.32 Å². The predicted molar refractivity (Wildman–Crippen MR) is 145 cm³/mol. The highest BCUT2D eigenvalue weighted by atomic mass is 35.5. The molecule has 2 aromatic carbocycles. The van der Waals surface area contributed by atoms with Gasteiger partial charge in [0.1, 0.15) is 17.5 Å². The minimum Gasteiger partial charge on any atom is -0.444 e. The molecule has 2 atom stereocenters. The molecule has 1 unspecified atom stereocenters. The van der Waals surface area contributed by atoms with Crippen molar-refractivity contribution in [3.8, 4) is 0 Å². The van der Waals surface area contributed by atoms with Crippen LogP contribution in [0, 0.1) is 17.2 Å². The van der Waals surface area contributed by atoms with Crippen LogP contribution < -0.4 is 10.2 Å². The number of ether oxygens (including phenoxy) is 1. The highest BCUT2D eigenvalue weighted by molar-refractivity contribution is 7.91. The summed E-state index contributed by atoms with van der Waals surface area (Å²) >= 11 is 6.00. The van der Waals surface area contributed by atoms with Crippen LogP contribution in [0.25, 0.3) is 0 Å². The Morgan fingerprint density at radius 2 is 1.79 bits per heavy atom. The molecule has 8 nitrogen and oxygen atoms in total. The van der Waals surface area contributed by atoms with E-state index >= 15 is 4.39 Å². The molecular formula is C28H32ClFN2O6S. The van der Waals surface area contributed by atoms with Crippen LogP contribution in [0.4, 0.5) is 14.9 Å². The van der Waals surface area contributed by atoms with Gasteiger partial charge in [-0.1, -0.05) is 37.6 Å². The number of anilines is 1. The van der Waals surface area contributed by atoms with Gasteiger partial charge in [-0.3, -0.25) is 9.59 Å². The lowest BCUT2D eigenvalue weighted by atomic mass is 10.00. The molecule has 2 amide bonds. The summed E-state index contributed by atoms with van der Waals surface area (Å²) in [5.41, 5.74) is -0.705. The second kappa shape index (κ2) is 10.2. The van der Waals surface area contributed by atoms with Crippen molar-refractivity contribution in [1.82, 2.24) is 5.32 Å². The van der Waals surface area contributed by atoms with Crippen LogP contribution in [0.3, 0.4) is 0 Å². The first-order chi connectivity index (χ1) is 18.0. The summed E-state index contributed by atoms with van der Waals surface area (Å²) in [6.07, 6.45) is -0.0232. The number of hydrogen-bond donors (Lipinski definition) is 1. The Morgan fingerprint density at radius 3 is 2.36 bits per heavy atom. The Balaban J connectivity index is 1.78. The van der Waals surface area contributed by atoms with Crippen molar-refractivity contribution in [3.05, 3.63) is 58.4 Å². The summed E-state index contributed by atoms with van der Waals surface area (Å²) in [5.74, 6) is -2.89. The van der Waals surface area contributed by atoms with Gasteiger partial charge in [0.15, 0.2) is 15.6 Å². The first-order valence-corrected chi connectivity index (χ1v) is 14.6. The minimum atomic E-state index is -4.28. The monoisotopic (exact) mass is 578 g/mol. The molecule has 11 heteroatoms. The molecule has 0 radical (unpaired) electrons. The van der Waals surface area contributed by atoms with Gasteiger partial charge in [-0.25, -0.2) is 17.6 Å². The molecule has 1 saturated carbocycles. The van der Waals surface area contributed by atoms with E-state index < -0.39 is 55.7 Å². The van der Waals surface area contributed by atoms with Gasteiger partial charge in [-0.15, -0.1) is 0 Å². The molecule has 1 N–H and O–H groups in total. The van der Waals surface area contributed by atoms with E-state index in [9.17, 15) is 22.8 Å². The molecule has 210 valence electrons. The fourth-order valence-electron chi connectivity index (χ4n) is 4.65. The number of benzene rings is 2. The lowest BCUT2D eigenvalue weighted by Gasteiger charge is -2.27. The van der Waals surface area contributed by atoms with Gasteiger partial charge < -0.3 is 15.0 Å². The maximum absolute atomic E-state index is 15.3. The van der Waals surface area contributed by atoms with Crippen LogP contribution in [-0.2, 0) is 25.9 Å². The number of rotatable bonds is 6.